The highest BCUT2D eigenvalue weighted by atomic mass is 15.2. The zero-order valence-corrected chi connectivity index (χ0v) is 12.5. The first kappa shape index (κ1) is 15.0. The lowest BCUT2D eigenvalue weighted by molar-refractivity contribution is 0.137. The predicted molar refractivity (Wildman–Crippen MR) is 76.1 cm³/mol. The first-order chi connectivity index (χ1) is 7.80. The van der Waals surface area contributed by atoms with E-state index in [0.717, 1.165) is 18.5 Å². The maximum atomic E-state index is 6.35. The van der Waals surface area contributed by atoms with Crippen LogP contribution in [-0.2, 0) is 0 Å². The molecule has 1 atom stereocenters. The van der Waals surface area contributed by atoms with E-state index in [1.807, 2.05) is 0 Å². The van der Waals surface area contributed by atoms with E-state index in [-0.39, 0.29) is 11.5 Å². The topological polar surface area (TPSA) is 29.3 Å². The Balaban J connectivity index is 2.56. The lowest BCUT2D eigenvalue weighted by atomic mass is 9.86. The summed E-state index contributed by atoms with van der Waals surface area (Å²) in [6.07, 6.45) is 5.57. The number of nitrogens with two attached hydrogens (primary N) is 1. The van der Waals surface area contributed by atoms with Gasteiger partial charge in [-0.2, -0.15) is 0 Å². The van der Waals surface area contributed by atoms with Crippen molar-refractivity contribution in [1.82, 2.24) is 4.90 Å². The van der Waals surface area contributed by atoms with Gasteiger partial charge in [-0.05, 0) is 24.2 Å². The molecule has 0 aromatic carbocycles. The second-order valence-corrected chi connectivity index (χ2v) is 7.26. The largest absolute Gasteiger partial charge is 0.326 e. The second-order valence-electron chi connectivity index (χ2n) is 7.26. The van der Waals surface area contributed by atoms with E-state index in [0.29, 0.717) is 0 Å². The third-order valence-electron chi connectivity index (χ3n) is 3.98. The smallest absolute Gasteiger partial charge is 0.0217 e. The highest BCUT2D eigenvalue weighted by Gasteiger charge is 2.28. The van der Waals surface area contributed by atoms with Crippen LogP contribution in [0.4, 0.5) is 0 Å². The van der Waals surface area contributed by atoms with Crippen LogP contribution in [0.3, 0.4) is 0 Å². The molecule has 0 radical (unpaired) electrons. The summed E-state index contributed by atoms with van der Waals surface area (Å²) in [6.45, 7) is 13.6. The minimum atomic E-state index is 0.216. The van der Waals surface area contributed by atoms with Crippen molar-refractivity contribution in [2.24, 2.45) is 17.1 Å². The first-order valence-corrected chi connectivity index (χ1v) is 7.30. The Morgan fingerprint density at radius 3 is 2.06 bits per heavy atom. The lowest BCUT2D eigenvalue weighted by Crippen LogP contribution is -2.49. The maximum absolute atomic E-state index is 6.35. The van der Waals surface area contributed by atoms with Crippen molar-refractivity contribution in [2.45, 2.75) is 72.4 Å². The Morgan fingerprint density at radius 2 is 1.65 bits per heavy atom. The summed E-state index contributed by atoms with van der Waals surface area (Å²) < 4.78 is 0. The van der Waals surface area contributed by atoms with Crippen molar-refractivity contribution in [3.8, 4) is 0 Å². The molecule has 1 unspecified atom stereocenters. The maximum Gasteiger partial charge on any atom is 0.0217 e. The van der Waals surface area contributed by atoms with E-state index in [9.17, 15) is 0 Å². The minimum Gasteiger partial charge on any atom is -0.326 e. The molecule has 1 rings (SSSR count). The minimum absolute atomic E-state index is 0.216. The van der Waals surface area contributed by atoms with Gasteiger partial charge >= 0.3 is 0 Å². The van der Waals surface area contributed by atoms with E-state index < -0.39 is 0 Å². The SMILES string of the molecule is CC(C)CN(CC(N)C(C)(C)C)C1CCCC1. The summed E-state index contributed by atoms with van der Waals surface area (Å²) >= 11 is 0. The molecule has 0 heterocycles. The van der Waals surface area contributed by atoms with Gasteiger partial charge in [-0.15, -0.1) is 0 Å². The third-order valence-corrected chi connectivity index (χ3v) is 3.98. The molecule has 1 aliphatic carbocycles. The molecule has 0 aromatic rings. The molecule has 0 saturated heterocycles. The van der Waals surface area contributed by atoms with Gasteiger partial charge < -0.3 is 5.73 Å². The molecule has 1 saturated carbocycles. The van der Waals surface area contributed by atoms with Gasteiger partial charge in [-0.3, -0.25) is 4.90 Å². The Hall–Kier alpha value is -0.0800. The Kier molecular flexibility index (Phi) is 5.46. The van der Waals surface area contributed by atoms with Crippen molar-refractivity contribution < 1.29 is 0 Å². The molecular weight excluding hydrogens is 208 g/mol. The molecule has 102 valence electrons. The lowest BCUT2D eigenvalue weighted by Gasteiger charge is -2.37. The van der Waals surface area contributed by atoms with E-state index in [4.69, 9.17) is 5.73 Å². The van der Waals surface area contributed by atoms with Gasteiger partial charge in [0.2, 0.25) is 0 Å². The van der Waals surface area contributed by atoms with Crippen LogP contribution in [0.15, 0.2) is 0 Å². The average Bonchev–Trinajstić information content (AvgIpc) is 2.66. The Bertz CT molecular complexity index is 211. The number of nitrogens with zero attached hydrogens (tertiary/aromatic N) is 1. The van der Waals surface area contributed by atoms with Crippen LogP contribution in [0.1, 0.15) is 60.3 Å². The number of hydrogen-bond donors (Lipinski definition) is 1. The van der Waals surface area contributed by atoms with Gasteiger partial charge in [0.1, 0.15) is 0 Å². The van der Waals surface area contributed by atoms with Gasteiger partial charge in [-0.25, -0.2) is 0 Å². The predicted octanol–water partition coefficient (Wildman–Crippen LogP) is 3.26. The van der Waals surface area contributed by atoms with Crippen molar-refractivity contribution in [1.29, 1.82) is 0 Å². The van der Waals surface area contributed by atoms with E-state index in [1.54, 1.807) is 0 Å². The normalized spacial score (nSPS) is 20.5. The van der Waals surface area contributed by atoms with Crippen molar-refractivity contribution >= 4 is 0 Å². The molecule has 2 nitrogen and oxygen atoms in total. The summed E-state index contributed by atoms with van der Waals surface area (Å²) in [4.78, 5) is 2.66. The zero-order chi connectivity index (χ0) is 13.1. The Morgan fingerprint density at radius 1 is 1.12 bits per heavy atom. The van der Waals surface area contributed by atoms with Crippen molar-refractivity contribution in [2.75, 3.05) is 13.1 Å². The first-order valence-electron chi connectivity index (χ1n) is 7.30. The summed E-state index contributed by atoms with van der Waals surface area (Å²) in [5.74, 6) is 0.739. The van der Waals surface area contributed by atoms with Crippen LogP contribution < -0.4 is 5.73 Å². The second kappa shape index (κ2) is 6.19. The summed E-state index contributed by atoms with van der Waals surface area (Å²) in [7, 11) is 0. The fourth-order valence-electron chi connectivity index (χ4n) is 2.64. The van der Waals surface area contributed by atoms with Crippen LogP contribution >= 0.6 is 0 Å². The molecular formula is C15H32N2. The molecule has 0 aromatic heterocycles. The van der Waals surface area contributed by atoms with Crippen molar-refractivity contribution in [3.05, 3.63) is 0 Å². The molecule has 17 heavy (non-hydrogen) atoms. The highest BCUT2D eigenvalue weighted by molar-refractivity contribution is 4.85. The van der Waals surface area contributed by atoms with Gasteiger partial charge in [0, 0.05) is 25.2 Å². The van der Waals surface area contributed by atoms with Gasteiger partial charge in [0.05, 0.1) is 0 Å². The average molecular weight is 240 g/mol. The summed E-state index contributed by atoms with van der Waals surface area (Å²) in [6, 6.07) is 1.08. The van der Waals surface area contributed by atoms with Crippen LogP contribution in [0.5, 0.6) is 0 Å². The van der Waals surface area contributed by atoms with Gasteiger partial charge in [0.15, 0.2) is 0 Å². The highest BCUT2D eigenvalue weighted by Crippen LogP contribution is 2.26. The van der Waals surface area contributed by atoms with E-state index in [1.165, 1.54) is 32.2 Å². The number of hydrogen-bond acceptors (Lipinski definition) is 2. The molecule has 0 spiro atoms. The molecule has 0 amide bonds. The summed E-state index contributed by atoms with van der Waals surface area (Å²) in [5.41, 5.74) is 6.57. The standard InChI is InChI=1S/C15H32N2/c1-12(2)10-17(13-8-6-7-9-13)11-14(16)15(3,4)5/h12-14H,6-11,16H2,1-5H3. The van der Waals surface area contributed by atoms with E-state index in [2.05, 4.69) is 39.5 Å². The zero-order valence-electron chi connectivity index (χ0n) is 12.5. The number of rotatable bonds is 5. The van der Waals surface area contributed by atoms with Crippen LogP contribution in [-0.4, -0.2) is 30.1 Å². The molecule has 2 heteroatoms. The van der Waals surface area contributed by atoms with Crippen LogP contribution in [0.2, 0.25) is 0 Å². The summed E-state index contributed by atoms with van der Waals surface area (Å²) in [5, 5.41) is 0. The van der Waals surface area contributed by atoms with Crippen molar-refractivity contribution in [3.63, 3.8) is 0 Å². The Labute approximate surface area is 108 Å². The fourth-order valence-corrected chi connectivity index (χ4v) is 2.64. The van der Waals surface area contributed by atoms with E-state index >= 15 is 0 Å². The molecule has 1 fully saturated rings. The third kappa shape index (κ3) is 4.97. The molecule has 0 aliphatic heterocycles. The van der Waals surface area contributed by atoms with Crippen LogP contribution in [0.25, 0.3) is 0 Å². The van der Waals surface area contributed by atoms with Gasteiger partial charge in [-0.1, -0.05) is 47.5 Å². The fraction of sp³-hybridized carbons (Fsp3) is 1.00. The molecule has 1 aliphatic rings. The molecule has 0 bridgehead atoms. The monoisotopic (exact) mass is 240 g/mol. The van der Waals surface area contributed by atoms with Gasteiger partial charge in [0.25, 0.3) is 0 Å². The van der Waals surface area contributed by atoms with Crippen LogP contribution in [0, 0.1) is 11.3 Å². The molecule has 2 N–H and O–H groups in total. The quantitative estimate of drug-likeness (QED) is 0.799.